The molecule has 1 saturated heterocycles. The maximum atomic E-state index is 13.0. The van der Waals surface area contributed by atoms with Gasteiger partial charge in [-0.15, -0.1) is 0 Å². The molecular weight excluding hydrogens is 488 g/mol. The van der Waals surface area contributed by atoms with Gasteiger partial charge in [0.1, 0.15) is 11.8 Å². The number of hydrogen-bond donors (Lipinski definition) is 1. The topological polar surface area (TPSA) is 104 Å². The number of benzene rings is 1. The van der Waals surface area contributed by atoms with E-state index in [1.165, 1.54) is 0 Å². The van der Waals surface area contributed by atoms with Crippen LogP contribution >= 0.6 is 11.6 Å². The highest BCUT2D eigenvalue weighted by molar-refractivity contribution is 6.36. The lowest BCUT2D eigenvalue weighted by Crippen LogP contribution is -2.49. The summed E-state index contributed by atoms with van der Waals surface area (Å²) >= 11 is 6.77. The van der Waals surface area contributed by atoms with Crippen molar-refractivity contribution in [3.8, 4) is 0 Å². The van der Waals surface area contributed by atoms with Crippen molar-refractivity contribution in [1.82, 2.24) is 34.8 Å². The lowest BCUT2D eigenvalue weighted by Gasteiger charge is -2.38. The Balaban J connectivity index is 1.33. The fraction of sp³-hybridized carbons (Fsp3) is 0.259. The van der Waals surface area contributed by atoms with Crippen molar-refractivity contribution in [2.24, 2.45) is 0 Å². The molecule has 6 rings (SSSR count). The first-order valence-electron chi connectivity index (χ1n) is 12.2. The van der Waals surface area contributed by atoms with Crippen LogP contribution in [0.3, 0.4) is 0 Å². The Morgan fingerprint density at radius 2 is 1.86 bits per heavy atom. The Kier molecular flexibility index (Phi) is 6.13. The third kappa shape index (κ3) is 4.35. The number of anilines is 1. The summed E-state index contributed by atoms with van der Waals surface area (Å²) in [5, 5.41) is 1.60. The minimum absolute atomic E-state index is 0.0297. The van der Waals surface area contributed by atoms with E-state index in [2.05, 4.69) is 42.8 Å². The number of imidazole rings is 1. The molecule has 0 saturated carbocycles. The van der Waals surface area contributed by atoms with Gasteiger partial charge in [0.25, 0.3) is 5.91 Å². The summed E-state index contributed by atoms with van der Waals surface area (Å²) in [6.45, 7) is 4.81. The van der Waals surface area contributed by atoms with E-state index < -0.39 is 0 Å². The molecule has 37 heavy (non-hydrogen) atoms. The van der Waals surface area contributed by atoms with Crippen LogP contribution in [0.5, 0.6) is 0 Å². The third-order valence-corrected chi connectivity index (χ3v) is 7.30. The number of aromatic amines is 1. The predicted octanol–water partition coefficient (Wildman–Crippen LogP) is 4.26. The van der Waals surface area contributed by atoms with Gasteiger partial charge in [-0.05, 0) is 48.2 Å². The van der Waals surface area contributed by atoms with E-state index in [1.807, 2.05) is 17.0 Å². The highest BCUT2D eigenvalue weighted by Gasteiger charge is 2.27. The molecule has 0 spiro atoms. The molecule has 4 aromatic heterocycles. The molecule has 1 amide bonds. The molecule has 1 unspecified atom stereocenters. The van der Waals surface area contributed by atoms with Crippen molar-refractivity contribution in [1.29, 1.82) is 0 Å². The van der Waals surface area contributed by atoms with Gasteiger partial charge in [0.05, 0.1) is 28.2 Å². The molecule has 1 atom stereocenters. The van der Waals surface area contributed by atoms with Crippen molar-refractivity contribution >= 4 is 45.3 Å². The fourth-order valence-corrected chi connectivity index (χ4v) is 5.36. The smallest absolute Gasteiger partial charge is 0.254 e. The summed E-state index contributed by atoms with van der Waals surface area (Å²) in [5.41, 5.74) is 6.13. The van der Waals surface area contributed by atoms with Gasteiger partial charge in [-0.25, -0.2) is 15.0 Å². The lowest BCUT2D eigenvalue weighted by molar-refractivity contribution is 0.0746. The van der Waals surface area contributed by atoms with Gasteiger partial charge in [0, 0.05) is 55.7 Å². The number of carbonyl (C=O) groups excluding carboxylic acids is 1. The molecule has 5 aromatic rings. The molecule has 0 bridgehead atoms. The van der Waals surface area contributed by atoms with Gasteiger partial charge in [0.2, 0.25) is 0 Å². The molecule has 1 aliphatic rings. The number of nitrogens with one attached hydrogen (secondary N) is 1. The number of pyridine rings is 2. The van der Waals surface area contributed by atoms with Crippen LogP contribution < -0.4 is 4.90 Å². The maximum absolute atomic E-state index is 13.0. The number of H-pyrrole nitrogens is 1. The van der Waals surface area contributed by atoms with Gasteiger partial charge < -0.3 is 14.8 Å². The number of hydrogen-bond acceptors (Lipinski definition) is 7. The van der Waals surface area contributed by atoms with Gasteiger partial charge in [0.15, 0.2) is 5.65 Å². The molecule has 186 valence electrons. The van der Waals surface area contributed by atoms with Crippen LogP contribution in [-0.4, -0.2) is 66.9 Å². The molecule has 5 heterocycles. The van der Waals surface area contributed by atoms with Crippen molar-refractivity contribution in [3.63, 3.8) is 0 Å². The quantitative estimate of drug-likeness (QED) is 0.375. The first-order chi connectivity index (χ1) is 18.1. The fourth-order valence-electron chi connectivity index (χ4n) is 5.09. The van der Waals surface area contributed by atoms with Crippen LogP contribution in [0.15, 0.2) is 61.6 Å². The van der Waals surface area contributed by atoms with E-state index in [-0.39, 0.29) is 11.8 Å². The molecule has 0 aliphatic carbocycles. The van der Waals surface area contributed by atoms with Crippen molar-refractivity contribution in [2.45, 2.75) is 19.3 Å². The van der Waals surface area contributed by atoms with Crippen molar-refractivity contribution < 1.29 is 4.79 Å². The summed E-state index contributed by atoms with van der Waals surface area (Å²) < 4.78 is 0. The number of piperazine rings is 1. The average molecular weight is 513 g/mol. The van der Waals surface area contributed by atoms with Crippen LogP contribution in [0.1, 0.15) is 34.5 Å². The third-order valence-electron chi connectivity index (χ3n) is 6.99. The first kappa shape index (κ1) is 23.3. The summed E-state index contributed by atoms with van der Waals surface area (Å²) in [5.74, 6) is 0.124. The van der Waals surface area contributed by atoms with Crippen molar-refractivity contribution in [2.75, 3.05) is 31.1 Å². The molecule has 0 radical (unpaired) electrons. The Labute approximate surface area is 218 Å². The first-order valence-corrected chi connectivity index (χ1v) is 12.6. The number of nitrogens with zero attached hydrogens (tertiary/aromatic N) is 7. The van der Waals surface area contributed by atoms with Crippen LogP contribution in [0, 0.1) is 0 Å². The molecule has 1 N–H and O–H groups in total. The zero-order valence-electron chi connectivity index (χ0n) is 20.3. The summed E-state index contributed by atoms with van der Waals surface area (Å²) in [6, 6.07) is 9.49. The summed E-state index contributed by atoms with van der Waals surface area (Å²) in [7, 11) is 0. The van der Waals surface area contributed by atoms with E-state index in [0.29, 0.717) is 48.8 Å². The Bertz CT molecular complexity index is 1580. The number of amides is 1. The van der Waals surface area contributed by atoms with Crippen LogP contribution in [-0.2, 0) is 6.42 Å². The second-order valence-electron chi connectivity index (χ2n) is 9.24. The largest absolute Gasteiger partial charge is 0.366 e. The normalized spacial score (nSPS) is 14.9. The maximum Gasteiger partial charge on any atom is 0.254 e. The molecule has 1 fully saturated rings. The van der Waals surface area contributed by atoms with Crippen LogP contribution in [0.4, 0.5) is 5.69 Å². The van der Waals surface area contributed by atoms with Gasteiger partial charge in [-0.2, -0.15) is 0 Å². The summed E-state index contributed by atoms with van der Waals surface area (Å²) in [6.07, 6.45) is 8.99. The van der Waals surface area contributed by atoms with E-state index in [1.54, 1.807) is 43.4 Å². The SMILES string of the molecule is CC(Cc1ncnc2nc[nH]c12)c1cc(Cl)c2cccnc2c1N1CCN(C(=O)c2ccncc2)CC1. The van der Waals surface area contributed by atoms with E-state index in [9.17, 15) is 4.79 Å². The number of aromatic nitrogens is 6. The number of halogens is 1. The second-order valence-corrected chi connectivity index (χ2v) is 9.64. The van der Waals surface area contributed by atoms with Crippen molar-refractivity contribution in [3.05, 3.63) is 83.4 Å². The zero-order chi connectivity index (χ0) is 25.4. The second kappa shape index (κ2) is 9.74. The minimum Gasteiger partial charge on any atom is -0.366 e. The highest BCUT2D eigenvalue weighted by atomic mass is 35.5. The number of fused-ring (bicyclic) bond motifs is 2. The Morgan fingerprint density at radius 3 is 2.68 bits per heavy atom. The monoisotopic (exact) mass is 512 g/mol. The Morgan fingerprint density at radius 1 is 1.05 bits per heavy atom. The van der Waals surface area contributed by atoms with Gasteiger partial charge in [-0.1, -0.05) is 18.5 Å². The van der Waals surface area contributed by atoms with Crippen LogP contribution in [0.2, 0.25) is 5.02 Å². The predicted molar refractivity (Wildman–Crippen MR) is 143 cm³/mol. The molecule has 9 nitrogen and oxygen atoms in total. The van der Waals surface area contributed by atoms with E-state index in [0.717, 1.165) is 33.4 Å². The molecule has 10 heteroatoms. The van der Waals surface area contributed by atoms with E-state index >= 15 is 0 Å². The molecular formula is C27H25ClN8O. The minimum atomic E-state index is 0.0297. The Hall–Kier alpha value is -4.11. The van der Waals surface area contributed by atoms with E-state index in [4.69, 9.17) is 16.6 Å². The zero-order valence-corrected chi connectivity index (χ0v) is 21.1. The van der Waals surface area contributed by atoms with Gasteiger partial charge in [-0.3, -0.25) is 14.8 Å². The van der Waals surface area contributed by atoms with Crippen LogP contribution in [0.25, 0.3) is 22.1 Å². The average Bonchev–Trinajstić information content (AvgIpc) is 3.43. The lowest BCUT2D eigenvalue weighted by atomic mass is 9.92. The highest BCUT2D eigenvalue weighted by Crippen LogP contribution is 2.40. The standard InChI is InChI=1S/C27H25ClN8O/c1-17(13-22-24-26(33-15-31-22)34-16-32-24)20-14-21(28)19-3-2-6-30-23(19)25(20)35-9-11-36(12-10-35)27(37)18-4-7-29-8-5-18/h2-8,14-17H,9-13H2,1H3,(H,31,32,33,34). The van der Waals surface area contributed by atoms with Gasteiger partial charge >= 0.3 is 0 Å². The number of carbonyl (C=O) groups is 1. The summed E-state index contributed by atoms with van der Waals surface area (Å²) in [4.78, 5) is 42.2. The molecule has 1 aromatic carbocycles. The molecule has 1 aliphatic heterocycles. The number of rotatable bonds is 5.